The van der Waals surface area contributed by atoms with Crippen LogP contribution >= 0.6 is 23.2 Å². The lowest BCUT2D eigenvalue weighted by Crippen LogP contribution is -2.61. The number of benzene rings is 2. The zero-order valence-electron chi connectivity index (χ0n) is 29.5. The molecular formula is C41H45Cl2FN4O4. The number of rotatable bonds is 10. The molecule has 4 amide bonds. The van der Waals surface area contributed by atoms with E-state index >= 15 is 4.39 Å². The third kappa shape index (κ3) is 6.02. The van der Waals surface area contributed by atoms with E-state index in [1.807, 2.05) is 18.2 Å². The summed E-state index contributed by atoms with van der Waals surface area (Å²) >= 11 is 12.4. The van der Waals surface area contributed by atoms with Gasteiger partial charge in [-0.15, -0.1) is 0 Å². The van der Waals surface area contributed by atoms with Crippen LogP contribution in [-0.2, 0) is 32.8 Å². The first-order valence-corrected chi connectivity index (χ1v) is 19.3. The topological polar surface area (TPSA) is 98.8 Å². The number of nitrogens with one attached hydrogen (secondary N) is 2. The van der Waals surface area contributed by atoms with Crippen LogP contribution in [0.1, 0.15) is 98.2 Å². The molecule has 7 rings (SSSR count). The standard InChI is InChI=1S/C41H45Cl2FN4O4/c1-25(42)11-9-15-32(44)36-26(2)48(40(20-6-4-7-21-40)41(36)31-17-16-28(43)23-33(31)45-39(41)52)22-8-3-5-12-27-13-10-14-29-30(27)24-47(38(29)51)34-18-19-35(49)46-37(34)50/h9-11,13-17,23,26,34,36H,1,3-8,12,18-22,24H2,2H3,(H,45,52)(H,46,49,50)/b11-9-,32-15-/t26-,34?,36+,41+/m0/s1. The molecule has 4 atom stereocenters. The number of nitrogens with zero attached hydrogens (tertiary/aromatic N) is 2. The molecule has 1 aliphatic carbocycles. The fourth-order valence-electron chi connectivity index (χ4n) is 10.2. The number of imide groups is 1. The van der Waals surface area contributed by atoms with Crippen molar-refractivity contribution < 1.29 is 23.6 Å². The molecule has 0 aromatic heterocycles. The summed E-state index contributed by atoms with van der Waals surface area (Å²) in [7, 11) is 0. The molecule has 0 radical (unpaired) electrons. The van der Waals surface area contributed by atoms with Crippen LogP contribution in [0.2, 0.25) is 5.02 Å². The van der Waals surface area contributed by atoms with Crippen molar-refractivity contribution in [2.75, 3.05) is 11.9 Å². The number of allylic oxidation sites excluding steroid dienone is 4. The minimum atomic E-state index is -1.13. The van der Waals surface area contributed by atoms with Crippen LogP contribution in [0.5, 0.6) is 0 Å². The Morgan fingerprint density at radius 2 is 1.85 bits per heavy atom. The zero-order valence-corrected chi connectivity index (χ0v) is 31.0. The molecule has 1 saturated carbocycles. The van der Waals surface area contributed by atoms with Gasteiger partial charge in [-0.1, -0.05) is 79.7 Å². The molecule has 2 saturated heterocycles. The summed E-state index contributed by atoms with van der Waals surface area (Å²) in [4.78, 5) is 56.2. The molecule has 5 aliphatic rings. The molecule has 2 spiro atoms. The highest BCUT2D eigenvalue weighted by Gasteiger charge is 2.73. The number of hydrogen-bond donors (Lipinski definition) is 2. The number of amides is 4. The number of likely N-dealkylation sites (tertiary alicyclic amines) is 1. The van der Waals surface area contributed by atoms with Gasteiger partial charge in [0.2, 0.25) is 17.7 Å². The lowest BCUT2D eigenvalue weighted by Gasteiger charge is -2.51. The number of unbranched alkanes of at least 4 members (excludes halogenated alkanes) is 2. The van der Waals surface area contributed by atoms with Gasteiger partial charge in [-0.05, 0) is 99.0 Å². The van der Waals surface area contributed by atoms with Crippen molar-refractivity contribution in [1.82, 2.24) is 15.1 Å². The highest BCUT2D eigenvalue weighted by atomic mass is 35.5. The molecule has 0 bridgehead atoms. The molecule has 1 unspecified atom stereocenters. The van der Waals surface area contributed by atoms with Gasteiger partial charge >= 0.3 is 0 Å². The lowest BCUT2D eigenvalue weighted by molar-refractivity contribution is -0.137. The summed E-state index contributed by atoms with van der Waals surface area (Å²) in [5.41, 5.74) is 2.43. The Hall–Kier alpha value is -3.79. The summed E-state index contributed by atoms with van der Waals surface area (Å²) in [5.74, 6) is -2.13. The van der Waals surface area contributed by atoms with Crippen LogP contribution in [0.25, 0.3) is 0 Å². The van der Waals surface area contributed by atoms with Gasteiger partial charge in [-0.3, -0.25) is 29.4 Å². The number of hydrogen-bond acceptors (Lipinski definition) is 5. The van der Waals surface area contributed by atoms with Crippen molar-refractivity contribution in [3.8, 4) is 0 Å². The second-order valence-electron chi connectivity index (χ2n) is 15.0. The number of halogens is 3. The smallest absolute Gasteiger partial charge is 0.255 e. The molecular weight excluding hydrogens is 702 g/mol. The Morgan fingerprint density at radius 1 is 1.06 bits per heavy atom. The molecule has 11 heteroatoms. The first kappa shape index (κ1) is 36.6. The molecule has 3 fully saturated rings. The molecule has 4 aliphatic heterocycles. The lowest BCUT2D eigenvalue weighted by atomic mass is 9.56. The molecule has 2 N–H and O–H groups in total. The Morgan fingerprint density at radius 3 is 2.60 bits per heavy atom. The monoisotopic (exact) mass is 746 g/mol. The Kier molecular flexibility index (Phi) is 10.2. The van der Waals surface area contributed by atoms with E-state index in [9.17, 15) is 19.2 Å². The number of carbonyl (C=O) groups is 4. The second-order valence-corrected chi connectivity index (χ2v) is 15.9. The second kappa shape index (κ2) is 14.6. The summed E-state index contributed by atoms with van der Waals surface area (Å²) < 4.78 is 16.8. The fraction of sp³-hybridized carbons (Fsp3) is 0.463. The normalized spacial score (nSPS) is 27.1. The maximum atomic E-state index is 16.8. The summed E-state index contributed by atoms with van der Waals surface area (Å²) in [5, 5.41) is 6.31. The maximum Gasteiger partial charge on any atom is 0.255 e. The van der Waals surface area contributed by atoms with Crippen LogP contribution < -0.4 is 10.6 Å². The van der Waals surface area contributed by atoms with Crippen molar-refractivity contribution >= 4 is 52.5 Å². The largest absolute Gasteiger partial charge is 0.325 e. The van der Waals surface area contributed by atoms with Gasteiger partial charge in [0.1, 0.15) is 17.3 Å². The van der Waals surface area contributed by atoms with E-state index in [0.717, 1.165) is 74.5 Å². The minimum absolute atomic E-state index is 0.167. The average molecular weight is 748 g/mol. The van der Waals surface area contributed by atoms with Crippen LogP contribution in [0, 0.1) is 5.92 Å². The van der Waals surface area contributed by atoms with Crippen molar-refractivity contribution in [2.24, 2.45) is 5.92 Å². The number of piperidine rings is 1. The molecule has 52 heavy (non-hydrogen) atoms. The average Bonchev–Trinajstić information content (AvgIpc) is 3.66. The van der Waals surface area contributed by atoms with E-state index in [1.165, 1.54) is 6.08 Å². The van der Waals surface area contributed by atoms with Crippen molar-refractivity contribution in [2.45, 2.75) is 107 Å². The van der Waals surface area contributed by atoms with Gasteiger partial charge < -0.3 is 10.2 Å². The highest BCUT2D eigenvalue weighted by Crippen LogP contribution is 2.65. The molecule has 8 nitrogen and oxygen atoms in total. The van der Waals surface area contributed by atoms with E-state index in [4.69, 9.17) is 23.2 Å². The zero-order chi connectivity index (χ0) is 36.8. The molecule has 2 aromatic carbocycles. The van der Waals surface area contributed by atoms with Gasteiger partial charge in [0, 0.05) is 51.8 Å². The van der Waals surface area contributed by atoms with Gasteiger partial charge in [-0.2, -0.15) is 0 Å². The number of fused-ring (bicyclic) bond motifs is 4. The van der Waals surface area contributed by atoms with Crippen molar-refractivity contribution in [3.63, 3.8) is 0 Å². The predicted octanol–water partition coefficient (Wildman–Crippen LogP) is 7.89. The van der Waals surface area contributed by atoms with Crippen molar-refractivity contribution in [1.29, 1.82) is 0 Å². The Labute approximate surface area is 314 Å². The van der Waals surface area contributed by atoms with Gasteiger partial charge in [0.05, 0.1) is 0 Å². The SMILES string of the molecule is C=C(Cl)/C=C\C=C(/F)[C@H]1[C@H](C)N(CCCCCc2cccc3c2CN(C2CCC(=O)NC2=O)C3=O)C2(CCCCC2)[C@@]12C(=O)Nc1cc(Cl)ccc12. The van der Waals surface area contributed by atoms with E-state index in [0.29, 0.717) is 40.8 Å². The molecule has 4 heterocycles. The minimum Gasteiger partial charge on any atom is -0.325 e. The Bertz CT molecular complexity index is 1890. The summed E-state index contributed by atoms with van der Waals surface area (Å²) in [6.07, 6.45) is 13.1. The van der Waals surface area contributed by atoms with E-state index in [-0.39, 0.29) is 36.0 Å². The third-order valence-electron chi connectivity index (χ3n) is 12.3. The van der Waals surface area contributed by atoms with Crippen molar-refractivity contribution in [3.05, 3.63) is 99.3 Å². The summed E-state index contributed by atoms with van der Waals surface area (Å²) in [6.45, 7) is 6.82. The van der Waals surface area contributed by atoms with Crippen LogP contribution in [0.3, 0.4) is 0 Å². The van der Waals surface area contributed by atoms with Gasteiger partial charge in [0.25, 0.3) is 5.91 Å². The predicted molar refractivity (Wildman–Crippen MR) is 201 cm³/mol. The molecule has 2 aromatic rings. The summed E-state index contributed by atoms with van der Waals surface area (Å²) in [6, 6.07) is 10.4. The van der Waals surface area contributed by atoms with Crippen LogP contribution in [0.4, 0.5) is 10.1 Å². The van der Waals surface area contributed by atoms with E-state index in [2.05, 4.69) is 35.1 Å². The number of anilines is 1. The third-order valence-corrected chi connectivity index (χ3v) is 12.6. The number of carbonyl (C=O) groups excluding carboxylic acids is 4. The number of aryl methyl sites for hydroxylation is 1. The Balaban J connectivity index is 1.11. The first-order valence-electron chi connectivity index (χ1n) is 18.5. The van der Waals surface area contributed by atoms with E-state index < -0.39 is 28.8 Å². The van der Waals surface area contributed by atoms with E-state index in [1.54, 1.807) is 29.2 Å². The maximum absolute atomic E-state index is 16.8. The molecule has 274 valence electrons. The quantitative estimate of drug-likeness (QED) is 0.146. The first-order chi connectivity index (χ1) is 25.0. The van der Waals surface area contributed by atoms with Gasteiger partial charge in [-0.25, -0.2) is 4.39 Å². The van der Waals surface area contributed by atoms with Gasteiger partial charge in [0.15, 0.2) is 0 Å². The van der Waals surface area contributed by atoms with Crippen LogP contribution in [-0.4, -0.2) is 57.6 Å². The van der Waals surface area contributed by atoms with Crippen LogP contribution in [0.15, 0.2) is 72.1 Å². The fourth-order valence-corrected chi connectivity index (χ4v) is 10.4. The highest BCUT2D eigenvalue weighted by molar-refractivity contribution is 6.31.